The van der Waals surface area contributed by atoms with Crippen LogP contribution in [-0.4, -0.2) is 20.9 Å². The predicted octanol–water partition coefficient (Wildman–Crippen LogP) is 2.48. The Balaban J connectivity index is 2.03. The molecule has 0 fully saturated rings. The predicted molar refractivity (Wildman–Crippen MR) is 76.4 cm³/mol. The van der Waals surface area contributed by atoms with Crippen molar-refractivity contribution in [1.82, 2.24) is 15.1 Å². The van der Waals surface area contributed by atoms with Gasteiger partial charge >= 0.3 is 0 Å². The lowest BCUT2D eigenvalue weighted by Crippen LogP contribution is -1.99. The molecule has 0 aromatic carbocycles. The first-order chi connectivity index (χ1) is 9.19. The van der Waals surface area contributed by atoms with E-state index < -0.39 is 0 Å². The molecule has 2 heterocycles. The number of rotatable bonds is 6. The Morgan fingerprint density at radius 1 is 1.42 bits per heavy atom. The van der Waals surface area contributed by atoms with Crippen molar-refractivity contribution >= 4 is 11.8 Å². The molecule has 0 aliphatic carbocycles. The fourth-order valence-corrected chi connectivity index (χ4v) is 2.43. The Kier molecular flexibility index (Phi) is 4.93. The molecule has 102 valence electrons. The fraction of sp³-hybridized carbons (Fsp3) is 0.462. The normalized spacial score (nSPS) is 11.2. The minimum Gasteiger partial charge on any atom is -0.334 e. The van der Waals surface area contributed by atoms with Crippen LogP contribution in [0, 0.1) is 5.92 Å². The molecule has 2 rings (SSSR count). The van der Waals surface area contributed by atoms with Gasteiger partial charge in [0.25, 0.3) is 5.89 Å². The first-order valence-electron chi connectivity index (χ1n) is 6.24. The van der Waals surface area contributed by atoms with Crippen LogP contribution in [0.15, 0.2) is 22.9 Å². The molecule has 6 heteroatoms. The summed E-state index contributed by atoms with van der Waals surface area (Å²) in [7, 11) is 0. The topological polar surface area (TPSA) is 77.8 Å². The van der Waals surface area contributed by atoms with Gasteiger partial charge in [0.15, 0.2) is 5.82 Å². The Morgan fingerprint density at radius 2 is 2.26 bits per heavy atom. The Hall–Kier alpha value is -1.40. The second-order valence-electron chi connectivity index (χ2n) is 4.66. The van der Waals surface area contributed by atoms with Crippen molar-refractivity contribution in [1.29, 1.82) is 0 Å². The average Bonchev–Trinajstić information content (AvgIpc) is 2.87. The van der Waals surface area contributed by atoms with Crippen molar-refractivity contribution in [3.05, 3.63) is 29.8 Å². The van der Waals surface area contributed by atoms with Crippen molar-refractivity contribution < 1.29 is 4.52 Å². The fourth-order valence-electron chi connectivity index (χ4n) is 1.54. The molecule has 2 aromatic rings. The van der Waals surface area contributed by atoms with E-state index in [0.29, 0.717) is 18.4 Å². The minimum atomic E-state index is 0.402. The monoisotopic (exact) mass is 278 g/mol. The van der Waals surface area contributed by atoms with Gasteiger partial charge < -0.3 is 10.3 Å². The molecule has 0 aliphatic heterocycles. The molecule has 19 heavy (non-hydrogen) atoms. The third kappa shape index (κ3) is 4.04. The van der Waals surface area contributed by atoms with Gasteiger partial charge in [-0.1, -0.05) is 19.0 Å². The Morgan fingerprint density at radius 3 is 3.00 bits per heavy atom. The van der Waals surface area contributed by atoms with Gasteiger partial charge in [0.2, 0.25) is 0 Å². The van der Waals surface area contributed by atoms with Gasteiger partial charge in [-0.3, -0.25) is 4.98 Å². The highest BCUT2D eigenvalue weighted by molar-refractivity contribution is 7.98. The minimum absolute atomic E-state index is 0.402. The van der Waals surface area contributed by atoms with Crippen molar-refractivity contribution in [3.63, 3.8) is 0 Å². The maximum atomic E-state index is 5.56. The summed E-state index contributed by atoms with van der Waals surface area (Å²) in [5, 5.41) is 3.99. The summed E-state index contributed by atoms with van der Waals surface area (Å²) in [4.78, 5) is 8.53. The van der Waals surface area contributed by atoms with E-state index in [1.54, 1.807) is 6.20 Å². The van der Waals surface area contributed by atoms with Crippen molar-refractivity contribution in [2.24, 2.45) is 11.7 Å². The van der Waals surface area contributed by atoms with E-state index in [1.807, 2.05) is 23.9 Å². The van der Waals surface area contributed by atoms with Crippen molar-refractivity contribution in [3.8, 4) is 11.5 Å². The van der Waals surface area contributed by atoms with Crippen LogP contribution in [0.1, 0.15) is 25.4 Å². The summed E-state index contributed by atoms with van der Waals surface area (Å²) < 4.78 is 5.26. The van der Waals surface area contributed by atoms with Gasteiger partial charge in [-0.2, -0.15) is 16.7 Å². The summed E-state index contributed by atoms with van der Waals surface area (Å²) in [5.41, 5.74) is 7.24. The molecule has 0 saturated carbocycles. The zero-order valence-corrected chi connectivity index (χ0v) is 12.0. The lowest BCUT2D eigenvalue weighted by atomic mass is 10.2. The molecule has 2 N–H and O–H groups in total. The molecule has 0 radical (unpaired) electrons. The van der Waals surface area contributed by atoms with Crippen LogP contribution in [-0.2, 0) is 12.3 Å². The number of pyridine rings is 1. The molecule has 0 aliphatic rings. The van der Waals surface area contributed by atoms with Gasteiger partial charge in [0.1, 0.15) is 0 Å². The standard InChI is InChI=1S/C13H18N4OS/c1-9(2)7-19-8-12-16-13(18-17-12)10-3-4-15-11(5-10)6-14/h3-5,9H,6-8,14H2,1-2H3. The lowest BCUT2D eigenvalue weighted by Gasteiger charge is -2.00. The Labute approximate surface area is 117 Å². The maximum absolute atomic E-state index is 5.56. The molecule has 0 atom stereocenters. The number of nitrogens with zero attached hydrogens (tertiary/aromatic N) is 3. The van der Waals surface area contributed by atoms with E-state index in [0.717, 1.165) is 28.6 Å². The first kappa shape index (κ1) is 14.0. The van der Waals surface area contributed by atoms with E-state index in [9.17, 15) is 0 Å². The van der Waals surface area contributed by atoms with Gasteiger partial charge in [-0.05, 0) is 23.8 Å². The largest absolute Gasteiger partial charge is 0.334 e. The van der Waals surface area contributed by atoms with Crippen molar-refractivity contribution in [2.45, 2.75) is 26.1 Å². The smallest absolute Gasteiger partial charge is 0.258 e. The van der Waals surface area contributed by atoms with E-state index >= 15 is 0 Å². The first-order valence-corrected chi connectivity index (χ1v) is 7.40. The SMILES string of the molecule is CC(C)CSCc1noc(-c2ccnc(CN)c2)n1. The molecule has 2 aromatic heterocycles. The quantitative estimate of drug-likeness (QED) is 0.874. The zero-order chi connectivity index (χ0) is 13.7. The van der Waals surface area contributed by atoms with Crippen LogP contribution < -0.4 is 5.73 Å². The summed E-state index contributed by atoms with van der Waals surface area (Å²) in [5.74, 6) is 3.79. The molecule has 0 spiro atoms. The van der Waals surface area contributed by atoms with Gasteiger partial charge in [0, 0.05) is 18.3 Å². The van der Waals surface area contributed by atoms with Crippen molar-refractivity contribution in [2.75, 3.05) is 5.75 Å². The molecular weight excluding hydrogens is 260 g/mol. The second kappa shape index (κ2) is 6.68. The van der Waals surface area contributed by atoms with Crippen LogP contribution in [0.5, 0.6) is 0 Å². The van der Waals surface area contributed by atoms with Gasteiger partial charge in [-0.15, -0.1) is 0 Å². The molecule has 0 bridgehead atoms. The molecular formula is C13H18N4OS. The Bertz CT molecular complexity index is 527. The molecule has 0 amide bonds. The zero-order valence-electron chi connectivity index (χ0n) is 11.2. The van der Waals surface area contributed by atoms with Crippen LogP contribution in [0.3, 0.4) is 0 Å². The van der Waals surface area contributed by atoms with E-state index in [4.69, 9.17) is 10.3 Å². The summed E-state index contributed by atoms with van der Waals surface area (Å²) >= 11 is 1.81. The molecule has 0 unspecified atom stereocenters. The highest BCUT2D eigenvalue weighted by Crippen LogP contribution is 2.19. The van der Waals surface area contributed by atoms with Crippen LogP contribution in [0.2, 0.25) is 0 Å². The van der Waals surface area contributed by atoms with Crippen LogP contribution >= 0.6 is 11.8 Å². The molecule has 5 nitrogen and oxygen atoms in total. The number of thioether (sulfide) groups is 1. The number of aromatic nitrogens is 3. The maximum Gasteiger partial charge on any atom is 0.258 e. The van der Waals surface area contributed by atoms with Gasteiger partial charge in [-0.25, -0.2) is 0 Å². The van der Waals surface area contributed by atoms with E-state index in [2.05, 4.69) is 29.0 Å². The highest BCUT2D eigenvalue weighted by atomic mass is 32.2. The summed E-state index contributed by atoms with van der Waals surface area (Å²) in [6, 6.07) is 3.72. The summed E-state index contributed by atoms with van der Waals surface area (Å²) in [6.07, 6.45) is 1.70. The average molecular weight is 278 g/mol. The molecule has 0 saturated heterocycles. The highest BCUT2D eigenvalue weighted by Gasteiger charge is 2.09. The number of hydrogen-bond acceptors (Lipinski definition) is 6. The van der Waals surface area contributed by atoms with Crippen LogP contribution in [0.4, 0.5) is 0 Å². The van der Waals surface area contributed by atoms with E-state index in [1.165, 1.54) is 0 Å². The van der Waals surface area contributed by atoms with Crippen LogP contribution in [0.25, 0.3) is 11.5 Å². The third-order valence-corrected chi connectivity index (χ3v) is 3.79. The second-order valence-corrected chi connectivity index (χ2v) is 5.69. The lowest BCUT2D eigenvalue weighted by molar-refractivity contribution is 0.425. The third-order valence-electron chi connectivity index (χ3n) is 2.42. The number of hydrogen-bond donors (Lipinski definition) is 1. The summed E-state index contributed by atoms with van der Waals surface area (Å²) in [6.45, 7) is 4.79. The number of nitrogens with two attached hydrogens (primary N) is 1. The van der Waals surface area contributed by atoms with Gasteiger partial charge in [0.05, 0.1) is 11.4 Å². The van der Waals surface area contributed by atoms with E-state index in [-0.39, 0.29) is 0 Å².